The van der Waals surface area contributed by atoms with Crippen molar-refractivity contribution in [1.82, 2.24) is 20.0 Å². The Morgan fingerprint density at radius 1 is 1.09 bits per heavy atom. The highest BCUT2D eigenvalue weighted by Crippen LogP contribution is 2.29. The van der Waals surface area contributed by atoms with E-state index in [1.807, 2.05) is 78.2 Å². The molecule has 0 spiro atoms. The van der Waals surface area contributed by atoms with Crippen LogP contribution < -0.4 is 4.74 Å². The van der Waals surface area contributed by atoms with Crippen LogP contribution in [0.1, 0.15) is 29.8 Å². The maximum atomic E-state index is 13.2. The molecule has 2 heterocycles. The molecule has 4 rings (SSSR count). The number of ether oxygens (including phenoxy) is 1. The van der Waals surface area contributed by atoms with Gasteiger partial charge in [0.05, 0.1) is 5.69 Å². The van der Waals surface area contributed by atoms with E-state index in [2.05, 4.69) is 10.2 Å². The number of nitrogens with zero attached hydrogens (tertiary/aromatic N) is 3. The van der Waals surface area contributed by atoms with E-state index >= 15 is 0 Å². The Morgan fingerprint density at radius 2 is 1.88 bits per heavy atom. The molecular formula is C25H28N4O3. The highest BCUT2D eigenvalue weighted by Gasteiger charge is 2.33. The first-order chi connectivity index (χ1) is 15.5. The molecule has 0 bridgehead atoms. The Bertz CT molecular complexity index is 1080. The van der Waals surface area contributed by atoms with Crippen molar-refractivity contribution in [3.05, 3.63) is 71.9 Å². The van der Waals surface area contributed by atoms with Crippen LogP contribution in [-0.4, -0.2) is 63.6 Å². The molecule has 32 heavy (non-hydrogen) atoms. The molecule has 0 unspecified atom stereocenters. The number of rotatable bonds is 5. The summed E-state index contributed by atoms with van der Waals surface area (Å²) in [6.45, 7) is 7.21. The van der Waals surface area contributed by atoms with Gasteiger partial charge in [-0.3, -0.25) is 14.7 Å². The zero-order valence-corrected chi connectivity index (χ0v) is 18.6. The van der Waals surface area contributed by atoms with Gasteiger partial charge in [-0.2, -0.15) is 5.10 Å². The van der Waals surface area contributed by atoms with Crippen molar-refractivity contribution in [1.29, 1.82) is 0 Å². The molecule has 3 aromatic rings. The second-order valence-electron chi connectivity index (χ2n) is 8.16. The van der Waals surface area contributed by atoms with Crippen LogP contribution in [0.5, 0.6) is 5.75 Å². The molecule has 1 aliphatic rings. The van der Waals surface area contributed by atoms with Crippen molar-refractivity contribution in [2.45, 2.75) is 32.9 Å². The van der Waals surface area contributed by atoms with E-state index in [1.54, 1.807) is 13.1 Å². The summed E-state index contributed by atoms with van der Waals surface area (Å²) in [7, 11) is 0. The van der Waals surface area contributed by atoms with Crippen molar-refractivity contribution in [3.63, 3.8) is 0 Å². The molecule has 2 atom stereocenters. The molecule has 1 aromatic heterocycles. The number of aromatic amines is 1. The van der Waals surface area contributed by atoms with Crippen molar-refractivity contribution >= 4 is 11.8 Å². The number of aromatic nitrogens is 2. The van der Waals surface area contributed by atoms with Gasteiger partial charge >= 0.3 is 0 Å². The fourth-order valence-corrected chi connectivity index (χ4v) is 4.15. The van der Waals surface area contributed by atoms with E-state index in [4.69, 9.17) is 4.74 Å². The summed E-state index contributed by atoms with van der Waals surface area (Å²) in [5.41, 5.74) is 3.51. The lowest BCUT2D eigenvalue weighted by atomic mass is 10.0. The van der Waals surface area contributed by atoms with Gasteiger partial charge in [0.15, 0.2) is 6.10 Å². The molecule has 2 aromatic carbocycles. The second-order valence-corrected chi connectivity index (χ2v) is 8.16. The lowest BCUT2D eigenvalue weighted by molar-refractivity contribution is -0.142. The third kappa shape index (κ3) is 4.37. The molecular weight excluding hydrogens is 404 g/mol. The van der Waals surface area contributed by atoms with Crippen LogP contribution in [-0.2, 0) is 4.79 Å². The SMILES string of the molecule is Cc1c(O[C@@H](C)C(=O)N2CCN(C(=O)c3ccccc3)C[C@H]2C)cccc1-c1ccn[nH]1. The summed E-state index contributed by atoms with van der Waals surface area (Å²) >= 11 is 0. The molecule has 7 nitrogen and oxygen atoms in total. The Kier molecular flexibility index (Phi) is 6.25. The molecule has 1 saturated heterocycles. The summed E-state index contributed by atoms with van der Waals surface area (Å²) in [5.74, 6) is 0.597. The second kappa shape index (κ2) is 9.26. The Hall–Kier alpha value is -3.61. The van der Waals surface area contributed by atoms with E-state index in [1.165, 1.54) is 0 Å². The predicted octanol–water partition coefficient (Wildman–Crippen LogP) is 3.53. The first kappa shape index (κ1) is 21.6. The normalized spacial score (nSPS) is 17.2. The minimum absolute atomic E-state index is 0.0000868. The smallest absolute Gasteiger partial charge is 0.263 e. The van der Waals surface area contributed by atoms with Gasteiger partial charge in [0.25, 0.3) is 11.8 Å². The Morgan fingerprint density at radius 3 is 2.56 bits per heavy atom. The summed E-state index contributed by atoms with van der Waals surface area (Å²) < 4.78 is 6.08. The largest absolute Gasteiger partial charge is 0.481 e. The standard InChI is InChI=1S/C25H28N4O3/c1-17-16-28(25(31)20-8-5-4-6-9-20)14-15-29(17)24(30)19(3)32-23-11-7-10-21(18(23)2)22-12-13-26-27-22/h4-13,17,19H,14-16H2,1-3H3,(H,26,27)/t17-,19+/m1/s1. The van der Waals surface area contributed by atoms with Gasteiger partial charge in [0, 0.05) is 48.6 Å². The lowest BCUT2D eigenvalue weighted by Gasteiger charge is -2.40. The molecule has 0 saturated carbocycles. The van der Waals surface area contributed by atoms with Gasteiger partial charge in [-0.05, 0) is 45.0 Å². The number of hydrogen-bond donors (Lipinski definition) is 1. The predicted molar refractivity (Wildman–Crippen MR) is 122 cm³/mol. The average molecular weight is 433 g/mol. The lowest BCUT2D eigenvalue weighted by Crippen LogP contribution is -2.57. The maximum Gasteiger partial charge on any atom is 0.263 e. The van der Waals surface area contributed by atoms with Crippen molar-refractivity contribution < 1.29 is 14.3 Å². The Balaban J connectivity index is 1.41. The van der Waals surface area contributed by atoms with E-state index in [-0.39, 0.29) is 17.9 Å². The molecule has 1 aliphatic heterocycles. The highest BCUT2D eigenvalue weighted by molar-refractivity contribution is 5.94. The number of hydrogen-bond acceptors (Lipinski definition) is 4. The summed E-state index contributed by atoms with van der Waals surface area (Å²) in [5, 5.41) is 6.98. The van der Waals surface area contributed by atoms with Crippen molar-refractivity contribution in [3.8, 4) is 17.0 Å². The van der Waals surface area contributed by atoms with Gasteiger partial charge in [-0.25, -0.2) is 0 Å². The van der Waals surface area contributed by atoms with Crippen LogP contribution in [0.4, 0.5) is 0 Å². The van der Waals surface area contributed by atoms with Crippen molar-refractivity contribution in [2.24, 2.45) is 0 Å². The zero-order chi connectivity index (χ0) is 22.7. The third-order valence-electron chi connectivity index (χ3n) is 5.95. The Labute approximate surface area is 188 Å². The number of piperazine rings is 1. The van der Waals surface area contributed by atoms with Crippen LogP contribution in [0.2, 0.25) is 0 Å². The molecule has 1 N–H and O–H groups in total. The van der Waals surface area contributed by atoms with Crippen LogP contribution >= 0.6 is 0 Å². The average Bonchev–Trinajstić information content (AvgIpc) is 3.34. The van der Waals surface area contributed by atoms with Gasteiger partial charge in [0.2, 0.25) is 0 Å². The number of carbonyl (C=O) groups excluding carboxylic acids is 2. The van der Waals surface area contributed by atoms with Crippen molar-refractivity contribution in [2.75, 3.05) is 19.6 Å². The monoisotopic (exact) mass is 432 g/mol. The number of amides is 2. The summed E-state index contributed by atoms with van der Waals surface area (Å²) in [6, 6.07) is 16.8. The molecule has 0 aliphatic carbocycles. The number of benzene rings is 2. The van der Waals surface area contributed by atoms with Crippen LogP contribution in [0.15, 0.2) is 60.8 Å². The molecule has 7 heteroatoms. The number of nitrogens with one attached hydrogen (secondary N) is 1. The van der Waals surface area contributed by atoms with Gasteiger partial charge in [-0.1, -0.05) is 30.3 Å². The summed E-state index contributed by atoms with van der Waals surface area (Å²) in [4.78, 5) is 29.5. The van der Waals surface area contributed by atoms with E-state index in [0.29, 0.717) is 30.9 Å². The summed E-state index contributed by atoms with van der Waals surface area (Å²) in [6.07, 6.45) is 1.07. The van der Waals surface area contributed by atoms with Gasteiger partial charge < -0.3 is 14.5 Å². The fourth-order valence-electron chi connectivity index (χ4n) is 4.15. The van der Waals surface area contributed by atoms with E-state index in [0.717, 1.165) is 16.8 Å². The topological polar surface area (TPSA) is 78.5 Å². The van der Waals surface area contributed by atoms with E-state index < -0.39 is 6.10 Å². The quantitative estimate of drug-likeness (QED) is 0.669. The van der Waals surface area contributed by atoms with Gasteiger partial charge in [0.1, 0.15) is 5.75 Å². The first-order valence-corrected chi connectivity index (χ1v) is 10.9. The van der Waals surface area contributed by atoms with E-state index in [9.17, 15) is 9.59 Å². The first-order valence-electron chi connectivity index (χ1n) is 10.9. The van der Waals surface area contributed by atoms with Gasteiger partial charge in [-0.15, -0.1) is 0 Å². The number of H-pyrrole nitrogens is 1. The van der Waals surface area contributed by atoms with Crippen LogP contribution in [0, 0.1) is 6.92 Å². The van der Waals surface area contributed by atoms with Crippen LogP contribution in [0.3, 0.4) is 0 Å². The highest BCUT2D eigenvalue weighted by atomic mass is 16.5. The maximum absolute atomic E-state index is 13.2. The molecule has 1 fully saturated rings. The zero-order valence-electron chi connectivity index (χ0n) is 18.6. The molecule has 0 radical (unpaired) electrons. The third-order valence-corrected chi connectivity index (χ3v) is 5.95. The number of carbonyl (C=O) groups is 2. The minimum atomic E-state index is -0.635. The molecule has 166 valence electrons. The minimum Gasteiger partial charge on any atom is -0.481 e. The molecule has 2 amide bonds. The fraction of sp³-hybridized carbons (Fsp3) is 0.320. The van der Waals surface area contributed by atoms with Crippen LogP contribution in [0.25, 0.3) is 11.3 Å².